The van der Waals surface area contributed by atoms with Crippen molar-refractivity contribution in [2.45, 2.75) is 0 Å². The fraction of sp³-hybridized carbons (Fsp3) is 0. The van der Waals surface area contributed by atoms with Gasteiger partial charge in [0, 0.05) is 40.5 Å². The number of halogens is 2. The van der Waals surface area contributed by atoms with Crippen LogP contribution in [0.25, 0.3) is 33.3 Å². The van der Waals surface area contributed by atoms with Crippen LogP contribution in [0, 0.1) is 0 Å². The van der Waals surface area contributed by atoms with Crippen molar-refractivity contribution in [3.8, 4) is 0 Å². The highest BCUT2D eigenvalue weighted by Crippen LogP contribution is 2.43. The van der Waals surface area contributed by atoms with E-state index in [1.165, 1.54) is 9.29 Å². The largest absolute Gasteiger partial charge is 0.737 e. The number of hydrogen-bond donors (Lipinski definition) is 0. The van der Waals surface area contributed by atoms with Gasteiger partial charge in [0.1, 0.15) is 0 Å². The number of benzene rings is 3. The molecular formula is C28H18BF2N3. The first-order chi connectivity index (χ1) is 16.6. The van der Waals surface area contributed by atoms with Crippen molar-refractivity contribution >= 4 is 46.0 Å². The normalized spacial score (nSPS) is 15.9. The highest BCUT2D eigenvalue weighted by atomic mass is 19.2. The first-order valence-corrected chi connectivity index (χ1v) is 11.2. The number of rotatable bonds is 1. The summed E-state index contributed by atoms with van der Waals surface area (Å²) >= 11 is 0. The Kier molecular flexibility index (Phi) is 3.86. The van der Waals surface area contributed by atoms with Crippen molar-refractivity contribution in [1.82, 2.24) is 4.98 Å². The lowest BCUT2D eigenvalue weighted by atomic mass is 9.80. The first kappa shape index (κ1) is 19.2. The molecule has 3 nitrogen and oxygen atoms in total. The lowest BCUT2D eigenvalue weighted by Gasteiger charge is -2.43. The number of fused-ring (bicyclic) bond motifs is 7. The Hall–Kier alpha value is -4.32. The molecule has 0 saturated heterocycles. The summed E-state index contributed by atoms with van der Waals surface area (Å²) in [5, 5.41) is 2.79. The summed E-state index contributed by atoms with van der Waals surface area (Å²) in [6, 6.07) is 28.3. The zero-order valence-corrected chi connectivity index (χ0v) is 18.1. The smallest absolute Gasteiger partial charge is 0.389 e. The van der Waals surface area contributed by atoms with Crippen molar-refractivity contribution in [1.29, 1.82) is 0 Å². The van der Waals surface area contributed by atoms with E-state index in [0.717, 1.165) is 21.7 Å². The Morgan fingerprint density at radius 2 is 1.47 bits per heavy atom. The summed E-state index contributed by atoms with van der Waals surface area (Å²) < 4.78 is 34.3. The summed E-state index contributed by atoms with van der Waals surface area (Å²) in [5.74, 6) is 0. The topological polar surface area (TPSA) is 20.0 Å². The molecule has 0 atom stereocenters. The maximum atomic E-state index is 16.5. The second-order valence-corrected chi connectivity index (χ2v) is 8.67. The van der Waals surface area contributed by atoms with Crippen LogP contribution in [0.3, 0.4) is 0 Å². The minimum atomic E-state index is -4.17. The van der Waals surface area contributed by atoms with E-state index in [2.05, 4.69) is 0 Å². The van der Waals surface area contributed by atoms with E-state index in [1.807, 2.05) is 72.9 Å². The number of aromatic nitrogens is 2. The molecule has 0 aliphatic carbocycles. The van der Waals surface area contributed by atoms with Gasteiger partial charge in [0.25, 0.3) is 0 Å². The van der Waals surface area contributed by atoms with Crippen LogP contribution in [-0.4, -0.2) is 12.0 Å². The molecule has 0 N–H and O–H groups in total. The van der Waals surface area contributed by atoms with Gasteiger partial charge < -0.3 is 17.9 Å². The molecule has 0 unspecified atom stereocenters. The molecule has 7 rings (SSSR count). The Balaban J connectivity index is 1.63. The van der Waals surface area contributed by atoms with Crippen LogP contribution < -0.4 is 9.29 Å². The monoisotopic (exact) mass is 445 g/mol. The Bertz CT molecular complexity index is 1710. The SMILES string of the molecule is F[B-]1(F)N2C(=C(c3cc4ccccc4cn3)c3ccc4ccccc4[n+]31)C=Cc1ccccc12. The molecule has 162 valence electrons. The van der Waals surface area contributed by atoms with Crippen LogP contribution in [0.1, 0.15) is 17.0 Å². The maximum absolute atomic E-state index is 16.5. The second kappa shape index (κ2) is 6.84. The summed E-state index contributed by atoms with van der Waals surface area (Å²) in [5.41, 5.74) is 4.03. The zero-order valence-electron chi connectivity index (χ0n) is 18.1. The first-order valence-electron chi connectivity index (χ1n) is 11.2. The van der Waals surface area contributed by atoms with Crippen LogP contribution in [0.2, 0.25) is 0 Å². The molecule has 6 heteroatoms. The average Bonchev–Trinajstić information content (AvgIpc) is 2.88. The third kappa shape index (κ3) is 2.56. The number of nitrogens with zero attached hydrogens (tertiary/aromatic N) is 3. The molecule has 0 bridgehead atoms. The van der Waals surface area contributed by atoms with Crippen molar-refractivity contribution < 1.29 is 13.1 Å². The Labute approximate surface area is 195 Å². The molecule has 2 aromatic heterocycles. The molecule has 5 aromatic rings. The summed E-state index contributed by atoms with van der Waals surface area (Å²) in [6.07, 6.45) is 5.51. The van der Waals surface area contributed by atoms with E-state index in [4.69, 9.17) is 4.98 Å². The number of para-hydroxylation sites is 2. The van der Waals surface area contributed by atoms with Gasteiger partial charge >= 0.3 is 6.97 Å². The number of anilines is 1. The standard InChI is InChI=1S/C28H18BF2N3/c30-29(31)33-24-11-5-3-7-19(24)13-15-26(33)28(23-17-21-9-1-2-10-22(21)18-32-23)27-16-14-20-8-4-6-12-25(20)34(27)29/h1-18H. The summed E-state index contributed by atoms with van der Waals surface area (Å²) in [6.45, 7) is -4.17. The molecule has 0 amide bonds. The summed E-state index contributed by atoms with van der Waals surface area (Å²) in [7, 11) is 0. The van der Waals surface area contributed by atoms with Crippen molar-refractivity contribution in [3.05, 3.63) is 126 Å². The van der Waals surface area contributed by atoms with Crippen LogP contribution in [0.15, 0.2) is 109 Å². The van der Waals surface area contributed by atoms with Crippen molar-refractivity contribution in [2.75, 3.05) is 4.81 Å². The van der Waals surface area contributed by atoms with E-state index in [1.54, 1.807) is 36.4 Å². The fourth-order valence-electron chi connectivity index (χ4n) is 5.26. The van der Waals surface area contributed by atoms with Gasteiger partial charge in [-0.1, -0.05) is 60.7 Å². The van der Waals surface area contributed by atoms with Crippen LogP contribution in [0.5, 0.6) is 0 Å². The van der Waals surface area contributed by atoms with E-state index in [-0.39, 0.29) is 0 Å². The molecule has 34 heavy (non-hydrogen) atoms. The van der Waals surface area contributed by atoms with E-state index < -0.39 is 6.97 Å². The molecule has 0 spiro atoms. The quantitative estimate of drug-likeness (QED) is 0.286. The van der Waals surface area contributed by atoms with E-state index in [9.17, 15) is 0 Å². The molecule has 0 fully saturated rings. The van der Waals surface area contributed by atoms with Gasteiger partial charge in [-0.15, -0.1) is 0 Å². The highest BCUT2D eigenvalue weighted by Gasteiger charge is 2.55. The zero-order chi connectivity index (χ0) is 22.9. The Morgan fingerprint density at radius 3 is 2.35 bits per heavy atom. The molecule has 2 aliphatic rings. The number of pyridine rings is 2. The van der Waals surface area contributed by atoms with Crippen molar-refractivity contribution in [2.24, 2.45) is 0 Å². The van der Waals surface area contributed by atoms with E-state index in [0.29, 0.717) is 33.9 Å². The number of allylic oxidation sites excluding steroid dienone is 1. The van der Waals surface area contributed by atoms with Crippen LogP contribution in [0.4, 0.5) is 14.3 Å². The van der Waals surface area contributed by atoms with Gasteiger partial charge in [-0.05, 0) is 41.3 Å². The lowest BCUT2D eigenvalue weighted by molar-refractivity contribution is -0.541. The van der Waals surface area contributed by atoms with Gasteiger partial charge in [-0.3, -0.25) is 4.98 Å². The van der Waals surface area contributed by atoms with Crippen molar-refractivity contribution in [3.63, 3.8) is 0 Å². The second-order valence-electron chi connectivity index (χ2n) is 8.67. The third-order valence-corrected chi connectivity index (χ3v) is 6.77. The molecule has 0 saturated carbocycles. The van der Waals surface area contributed by atoms with Gasteiger partial charge in [0.15, 0.2) is 11.2 Å². The minimum Gasteiger partial charge on any atom is -0.389 e. The summed E-state index contributed by atoms with van der Waals surface area (Å²) in [4.78, 5) is 5.94. The van der Waals surface area contributed by atoms with Crippen LogP contribution in [-0.2, 0) is 0 Å². The predicted octanol–water partition coefficient (Wildman–Crippen LogP) is 6.20. The molecular weight excluding hydrogens is 427 g/mol. The highest BCUT2D eigenvalue weighted by molar-refractivity contribution is 6.64. The lowest BCUT2D eigenvalue weighted by Crippen LogP contribution is -2.73. The predicted molar refractivity (Wildman–Crippen MR) is 133 cm³/mol. The molecule has 4 heterocycles. The maximum Gasteiger partial charge on any atom is 0.737 e. The third-order valence-electron chi connectivity index (χ3n) is 6.77. The van der Waals surface area contributed by atoms with Crippen LogP contribution >= 0.6 is 0 Å². The molecule has 3 aromatic carbocycles. The molecule has 2 aliphatic heterocycles. The average molecular weight is 445 g/mol. The Morgan fingerprint density at radius 1 is 0.735 bits per heavy atom. The van der Waals surface area contributed by atoms with E-state index >= 15 is 8.63 Å². The number of hydrogen-bond acceptors (Lipinski definition) is 2. The van der Waals surface area contributed by atoms with Gasteiger partial charge in [-0.2, -0.15) is 0 Å². The minimum absolute atomic E-state index is 0.460. The van der Waals surface area contributed by atoms with Gasteiger partial charge in [-0.25, -0.2) is 0 Å². The van der Waals surface area contributed by atoms with Gasteiger partial charge in [0.2, 0.25) is 0 Å². The van der Waals surface area contributed by atoms with Gasteiger partial charge in [0.05, 0.1) is 11.3 Å². The fourth-order valence-corrected chi connectivity index (χ4v) is 5.26. The molecule has 0 radical (unpaired) electrons.